The summed E-state index contributed by atoms with van der Waals surface area (Å²) < 4.78 is 0. The summed E-state index contributed by atoms with van der Waals surface area (Å²) in [5, 5.41) is 14.9. The first-order valence-corrected chi connectivity index (χ1v) is 7.10. The van der Waals surface area contributed by atoms with Gasteiger partial charge in [-0.2, -0.15) is 0 Å². The van der Waals surface area contributed by atoms with Crippen LogP contribution in [-0.4, -0.2) is 23.1 Å². The Bertz CT molecular complexity index is 636. The number of nitrogens with two attached hydrogens (primary N) is 1. The molecule has 0 atom stereocenters. The summed E-state index contributed by atoms with van der Waals surface area (Å²) in [6, 6.07) is 5.84. The van der Waals surface area contributed by atoms with Crippen LogP contribution in [0.25, 0.3) is 0 Å². The Morgan fingerprint density at radius 1 is 1.45 bits per heavy atom. The second-order valence-electron chi connectivity index (χ2n) is 4.70. The lowest BCUT2D eigenvalue weighted by atomic mass is 10.1. The minimum atomic E-state index is 0.131. The summed E-state index contributed by atoms with van der Waals surface area (Å²) in [6.07, 6.45) is 0. The first-order chi connectivity index (χ1) is 9.51. The molecular weight excluding hydrogens is 272 g/mol. The Labute approximate surface area is 122 Å². The number of thiazole rings is 1. The van der Waals surface area contributed by atoms with Gasteiger partial charge in [-0.15, -0.1) is 11.3 Å². The van der Waals surface area contributed by atoms with Crippen molar-refractivity contribution in [3.8, 4) is 0 Å². The highest BCUT2D eigenvalue weighted by Gasteiger charge is 2.09. The molecule has 20 heavy (non-hydrogen) atoms. The van der Waals surface area contributed by atoms with Crippen molar-refractivity contribution in [3.63, 3.8) is 0 Å². The van der Waals surface area contributed by atoms with Crippen molar-refractivity contribution in [1.82, 2.24) is 4.98 Å². The maximum absolute atomic E-state index is 8.73. The molecule has 5 nitrogen and oxygen atoms in total. The van der Waals surface area contributed by atoms with Gasteiger partial charge >= 0.3 is 0 Å². The second-order valence-corrected chi connectivity index (χ2v) is 5.76. The Kier molecular flexibility index (Phi) is 4.24. The van der Waals surface area contributed by atoms with Gasteiger partial charge in [0.2, 0.25) is 0 Å². The summed E-state index contributed by atoms with van der Waals surface area (Å²) in [5.74, 6) is 0.131. The molecule has 2 rings (SSSR count). The highest BCUT2D eigenvalue weighted by Crippen LogP contribution is 2.20. The van der Waals surface area contributed by atoms with E-state index in [-0.39, 0.29) is 5.84 Å². The van der Waals surface area contributed by atoms with Crippen LogP contribution in [-0.2, 0) is 6.54 Å². The largest absolute Gasteiger partial charge is 0.409 e. The van der Waals surface area contributed by atoms with Gasteiger partial charge in [0.05, 0.1) is 17.2 Å². The monoisotopic (exact) mass is 290 g/mol. The highest BCUT2D eigenvalue weighted by atomic mass is 32.1. The molecule has 106 valence electrons. The molecule has 0 aliphatic carbocycles. The van der Waals surface area contributed by atoms with E-state index in [1.165, 1.54) is 0 Å². The Morgan fingerprint density at radius 3 is 2.75 bits per heavy atom. The van der Waals surface area contributed by atoms with E-state index in [1.54, 1.807) is 11.3 Å². The lowest BCUT2D eigenvalue weighted by Crippen LogP contribution is -2.18. The molecule has 0 aliphatic rings. The molecule has 0 fully saturated rings. The number of hydrogen-bond donors (Lipinski definition) is 2. The van der Waals surface area contributed by atoms with Crippen LogP contribution in [0.1, 0.15) is 21.8 Å². The molecule has 0 saturated heterocycles. The lowest BCUT2D eigenvalue weighted by Gasteiger charge is -2.19. The van der Waals surface area contributed by atoms with Crippen LogP contribution in [0.5, 0.6) is 0 Å². The van der Waals surface area contributed by atoms with Crippen molar-refractivity contribution >= 4 is 22.9 Å². The second kappa shape index (κ2) is 5.92. The smallest absolute Gasteiger partial charge is 0.170 e. The number of hydrogen-bond acceptors (Lipinski definition) is 5. The van der Waals surface area contributed by atoms with E-state index in [0.29, 0.717) is 0 Å². The zero-order valence-electron chi connectivity index (χ0n) is 11.8. The predicted molar refractivity (Wildman–Crippen MR) is 82.6 cm³/mol. The third-order valence-electron chi connectivity index (χ3n) is 3.10. The first-order valence-electron chi connectivity index (χ1n) is 6.22. The molecule has 1 aromatic heterocycles. The highest BCUT2D eigenvalue weighted by molar-refractivity contribution is 7.09. The Morgan fingerprint density at radius 2 is 2.20 bits per heavy atom. The average molecular weight is 290 g/mol. The van der Waals surface area contributed by atoms with Crippen molar-refractivity contribution in [2.24, 2.45) is 10.9 Å². The molecule has 0 spiro atoms. The Balaban J connectivity index is 2.18. The summed E-state index contributed by atoms with van der Waals surface area (Å²) in [5.41, 5.74) is 9.48. The lowest BCUT2D eigenvalue weighted by molar-refractivity contribution is 0.318. The first kappa shape index (κ1) is 14.3. The van der Waals surface area contributed by atoms with E-state index in [9.17, 15) is 0 Å². The fourth-order valence-corrected chi connectivity index (χ4v) is 2.65. The molecule has 0 radical (unpaired) electrons. The SMILES string of the molecule is Cc1nc(CN(C)c2ccc(/C(N)=N/O)c(C)c2)cs1. The van der Waals surface area contributed by atoms with Crippen LogP contribution in [0.3, 0.4) is 0 Å². The zero-order chi connectivity index (χ0) is 14.7. The number of oxime groups is 1. The van der Waals surface area contributed by atoms with Crippen LogP contribution in [0, 0.1) is 13.8 Å². The maximum atomic E-state index is 8.73. The normalized spacial score (nSPS) is 11.7. The minimum absolute atomic E-state index is 0.131. The van der Waals surface area contributed by atoms with E-state index in [1.807, 2.05) is 39.1 Å². The molecule has 0 aliphatic heterocycles. The molecule has 0 bridgehead atoms. The Hall–Kier alpha value is -2.08. The van der Waals surface area contributed by atoms with Crippen molar-refractivity contribution < 1.29 is 5.21 Å². The van der Waals surface area contributed by atoms with Gasteiger partial charge in [0.25, 0.3) is 0 Å². The summed E-state index contributed by atoms with van der Waals surface area (Å²) in [6.45, 7) is 4.70. The van der Waals surface area contributed by atoms with Crippen LogP contribution >= 0.6 is 11.3 Å². The van der Waals surface area contributed by atoms with Crippen LogP contribution in [0.15, 0.2) is 28.7 Å². The average Bonchev–Trinajstić information content (AvgIpc) is 2.83. The third-order valence-corrected chi connectivity index (χ3v) is 3.92. The van der Waals surface area contributed by atoms with Gasteiger partial charge in [0.1, 0.15) is 0 Å². The molecule has 0 unspecified atom stereocenters. The number of benzene rings is 1. The molecule has 3 N–H and O–H groups in total. The van der Waals surface area contributed by atoms with Gasteiger partial charge in [-0.1, -0.05) is 5.16 Å². The molecule has 0 amide bonds. The topological polar surface area (TPSA) is 74.7 Å². The number of aryl methyl sites for hydroxylation is 2. The van der Waals surface area contributed by atoms with Crippen LogP contribution in [0.4, 0.5) is 5.69 Å². The number of anilines is 1. The van der Waals surface area contributed by atoms with Gasteiger partial charge in [-0.05, 0) is 37.6 Å². The molecule has 0 saturated carbocycles. The van der Waals surface area contributed by atoms with Gasteiger partial charge in [-0.3, -0.25) is 0 Å². The molecular formula is C14H18N4OS. The fraction of sp³-hybridized carbons (Fsp3) is 0.286. The quantitative estimate of drug-likeness (QED) is 0.392. The number of nitrogens with zero attached hydrogens (tertiary/aromatic N) is 3. The van der Waals surface area contributed by atoms with Crippen molar-refractivity contribution in [3.05, 3.63) is 45.4 Å². The summed E-state index contributed by atoms with van der Waals surface area (Å²) >= 11 is 1.66. The summed E-state index contributed by atoms with van der Waals surface area (Å²) in [4.78, 5) is 6.58. The van der Waals surface area contributed by atoms with Gasteiger partial charge in [0, 0.05) is 23.7 Å². The van der Waals surface area contributed by atoms with Crippen molar-refractivity contribution in [2.75, 3.05) is 11.9 Å². The zero-order valence-corrected chi connectivity index (χ0v) is 12.6. The third kappa shape index (κ3) is 3.08. The molecule has 2 aromatic rings. The minimum Gasteiger partial charge on any atom is -0.409 e. The van der Waals surface area contributed by atoms with Crippen molar-refractivity contribution in [2.45, 2.75) is 20.4 Å². The predicted octanol–water partition coefficient (Wildman–Crippen LogP) is 2.49. The number of amidine groups is 1. The standard InChI is InChI=1S/C14H18N4OS/c1-9-6-12(4-5-13(9)14(15)17-19)18(3)7-11-8-20-10(2)16-11/h4-6,8,19H,7H2,1-3H3,(H2,15,17). The van der Waals surface area contributed by atoms with E-state index in [0.717, 1.165) is 34.1 Å². The van der Waals surface area contributed by atoms with Crippen molar-refractivity contribution in [1.29, 1.82) is 0 Å². The number of rotatable bonds is 4. The van der Waals surface area contributed by atoms with E-state index < -0.39 is 0 Å². The fourth-order valence-electron chi connectivity index (χ4n) is 2.04. The maximum Gasteiger partial charge on any atom is 0.170 e. The van der Waals surface area contributed by atoms with Gasteiger partial charge in [-0.25, -0.2) is 4.98 Å². The van der Waals surface area contributed by atoms with Gasteiger partial charge < -0.3 is 15.8 Å². The molecule has 1 heterocycles. The van der Waals surface area contributed by atoms with E-state index >= 15 is 0 Å². The van der Waals surface area contributed by atoms with E-state index in [2.05, 4.69) is 20.4 Å². The summed E-state index contributed by atoms with van der Waals surface area (Å²) in [7, 11) is 2.02. The van der Waals surface area contributed by atoms with Crippen LogP contribution < -0.4 is 10.6 Å². The number of aromatic nitrogens is 1. The molecule has 1 aromatic carbocycles. The molecule has 6 heteroatoms. The van der Waals surface area contributed by atoms with Gasteiger partial charge in [0.15, 0.2) is 5.84 Å². The van der Waals surface area contributed by atoms with E-state index in [4.69, 9.17) is 10.9 Å². The van der Waals surface area contributed by atoms with Crippen LogP contribution in [0.2, 0.25) is 0 Å².